The van der Waals surface area contributed by atoms with Crippen LogP contribution in [0, 0.1) is 0 Å². The molecule has 0 aromatic carbocycles. The van der Waals surface area contributed by atoms with Crippen LogP contribution in [-0.4, -0.2) is 56.4 Å². The molecule has 0 aromatic rings. The van der Waals surface area contributed by atoms with Gasteiger partial charge in [0.25, 0.3) is 0 Å². The number of sulfonamides is 1. The Morgan fingerprint density at radius 3 is 2.76 bits per heavy atom. The molecule has 2 fully saturated rings. The van der Waals surface area contributed by atoms with Gasteiger partial charge in [0.05, 0.1) is 11.9 Å². The average molecular weight is 262 g/mol. The molecule has 2 aliphatic heterocycles. The molecule has 0 saturated carbocycles. The molecule has 17 heavy (non-hydrogen) atoms. The Morgan fingerprint density at radius 2 is 2.12 bits per heavy atom. The summed E-state index contributed by atoms with van der Waals surface area (Å²) in [4.78, 5) is 0. The molecular weight excluding hydrogens is 240 g/mol. The first-order chi connectivity index (χ1) is 8.01. The molecule has 6 heteroatoms. The maximum atomic E-state index is 12.5. The fourth-order valence-electron chi connectivity index (χ4n) is 2.48. The van der Waals surface area contributed by atoms with E-state index >= 15 is 0 Å². The first-order valence-corrected chi connectivity index (χ1v) is 7.84. The van der Waals surface area contributed by atoms with Gasteiger partial charge in [0, 0.05) is 31.8 Å². The Balaban J connectivity index is 2.12. The maximum Gasteiger partial charge on any atom is 0.219 e. The fourth-order valence-corrected chi connectivity index (χ4v) is 4.60. The normalized spacial score (nSPS) is 36.9. The van der Waals surface area contributed by atoms with Crippen LogP contribution in [0.15, 0.2) is 0 Å². The summed E-state index contributed by atoms with van der Waals surface area (Å²) in [5.74, 6) is 0. The van der Waals surface area contributed by atoms with E-state index in [0.29, 0.717) is 19.8 Å². The quantitative estimate of drug-likeness (QED) is 0.771. The van der Waals surface area contributed by atoms with Crippen LogP contribution in [0.5, 0.6) is 0 Å². The lowest BCUT2D eigenvalue weighted by molar-refractivity contribution is 0.0961. The minimum absolute atomic E-state index is 0.0399. The van der Waals surface area contributed by atoms with E-state index in [9.17, 15) is 8.42 Å². The highest BCUT2D eigenvalue weighted by molar-refractivity contribution is 7.89. The van der Waals surface area contributed by atoms with Crippen molar-refractivity contribution in [3.05, 3.63) is 0 Å². The van der Waals surface area contributed by atoms with Gasteiger partial charge in [0.2, 0.25) is 10.0 Å². The topological polar surface area (TPSA) is 58.6 Å². The first-order valence-electron chi connectivity index (χ1n) is 6.33. The Morgan fingerprint density at radius 1 is 1.35 bits per heavy atom. The van der Waals surface area contributed by atoms with E-state index in [-0.39, 0.29) is 17.3 Å². The van der Waals surface area contributed by atoms with Crippen molar-refractivity contribution in [2.45, 2.75) is 44.0 Å². The number of nitrogens with zero attached hydrogens (tertiary/aromatic N) is 1. The third-order valence-electron chi connectivity index (χ3n) is 3.57. The number of rotatable bonds is 2. The van der Waals surface area contributed by atoms with Gasteiger partial charge in [0.15, 0.2) is 0 Å². The summed E-state index contributed by atoms with van der Waals surface area (Å²) < 4.78 is 32.0. The third kappa shape index (κ3) is 2.81. The molecule has 1 N–H and O–H groups in total. The second-order valence-electron chi connectivity index (χ2n) is 5.11. The zero-order chi connectivity index (χ0) is 12.5. The van der Waals surface area contributed by atoms with Crippen LogP contribution in [0.1, 0.15) is 26.7 Å². The van der Waals surface area contributed by atoms with Crippen LogP contribution < -0.4 is 5.32 Å². The first kappa shape index (κ1) is 13.3. The molecule has 0 aromatic heterocycles. The molecule has 0 bridgehead atoms. The van der Waals surface area contributed by atoms with Gasteiger partial charge >= 0.3 is 0 Å². The summed E-state index contributed by atoms with van der Waals surface area (Å²) in [7, 11) is -3.20. The van der Waals surface area contributed by atoms with E-state index in [4.69, 9.17) is 4.74 Å². The summed E-state index contributed by atoms with van der Waals surface area (Å²) in [6.07, 6.45) is 1.58. The molecule has 0 spiro atoms. The third-order valence-corrected chi connectivity index (χ3v) is 5.95. The van der Waals surface area contributed by atoms with Gasteiger partial charge in [-0.25, -0.2) is 8.42 Å². The van der Waals surface area contributed by atoms with Gasteiger partial charge in [-0.1, -0.05) is 0 Å². The van der Waals surface area contributed by atoms with Crippen LogP contribution in [0.2, 0.25) is 0 Å². The van der Waals surface area contributed by atoms with Crippen LogP contribution in [0.25, 0.3) is 0 Å². The van der Waals surface area contributed by atoms with Crippen molar-refractivity contribution < 1.29 is 13.2 Å². The van der Waals surface area contributed by atoms with E-state index in [1.807, 2.05) is 13.8 Å². The van der Waals surface area contributed by atoms with E-state index in [1.165, 1.54) is 0 Å². The zero-order valence-electron chi connectivity index (χ0n) is 10.6. The number of hydrogen-bond acceptors (Lipinski definition) is 4. The van der Waals surface area contributed by atoms with Gasteiger partial charge in [-0.3, -0.25) is 0 Å². The molecule has 0 aliphatic carbocycles. The van der Waals surface area contributed by atoms with Crippen molar-refractivity contribution in [2.24, 2.45) is 0 Å². The second-order valence-corrected chi connectivity index (χ2v) is 7.28. The van der Waals surface area contributed by atoms with E-state index in [1.54, 1.807) is 4.31 Å². The van der Waals surface area contributed by atoms with Gasteiger partial charge in [-0.15, -0.1) is 0 Å². The van der Waals surface area contributed by atoms with E-state index in [2.05, 4.69) is 5.32 Å². The lowest BCUT2D eigenvalue weighted by atomic mass is 10.2. The van der Waals surface area contributed by atoms with Gasteiger partial charge in [0.1, 0.15) is 0 Å². The molecular formula is C11H22N2O3S. The van der Waals surface area contributed by atoms with E-state index < -0.39 is 10.0 Å². The molecule has 2 rings (SSSR count). The minimum atomic E-state index is -3.20. The summed E-state index contributed by atoms with van der Waals surface area (Å²) in [5, 5.41) is 2.96. The van der Waals surface area contributed by atoms with Crippen LogP contribution in [-0.2, 0) is 14.8 Å². The molecule has 2 saturated heterocycles. The van der Waals surface area contributed by atoms with Crippen molar-refractivity contribution in [1.82, 2.24) is 9.62 Å². The Kier molecular flexibility index (Phi) is 4.07. The number of ether oxygens (including phenoxy) is 1. The standard InChI is InChI=1S/C11H22N2O3S/c1-9-7-13(10(2)6-12-9)17(14,15)11-4-3-5-16-8-11/h9-12H,3-8H2,1-2H3. The maximum absolute atomic E-state index is 12.5. The highest BCUT2D eigenvalue weighted by Gasteiger charge is 2.38. The average Bonchev–Trinajstić information content (AvgIpc) is 2.33. The highest BCUT2D eigenvalue weighted by Crippen LogP contribution is 2.22. The number of nitrogens with one attached hydrogen (secondary N) is 1. The summed E-state index contributed by atoms with van der Waals surface area (Å²) in [5.41, 5.74) is 0. The lowest BCUT2D eigenvalue weighted by Gasteiger charge is -2.39. The van der Waals surface area contributed by atoms with Gasteiger partial charge < -0.3 is 10.1 Å². The predicted octanol–water partition coefficient (Wildman–Crippen LogP) is 0.177. The summed E-state index contributed by atoms with van der Waals surface area (Å²) in [6.45, 7) is 6.33. The fraction of sp³-hybridized carbons (Fsp3) is 1.00. The van der Waals surface area contributed by atoms with Crippen LogP contribution in [0.3, 0.4) is 0 Å². The largest absolute Gasteiger partial charge is 0.380 e. The molecule has 5 nitrogen and oxygen atoms in total. The molecule has 100 valence electrons. The second kappa shape index (κ2) is 5.22. The highest BCUT2D eigenvalue weighted by atomic mass is 32.2. The van der Waals surface area contributed by atoms with Gasteiger partial charge in [-0.05, 0) is 26.7 Å². The van der Waals surface area contributed by atoms with Gasteiger partial charge in [-0.2, -0.15) is 4.31 Å². The monoisotopic (exact) mass is 262 g/mol. The number of piperazine rings is 1. The summed E-state index contributed by atoms with van der Waals surface area (Å²) in [6, 6.07) is 0.267. The molecule has 0 radical (unpaired) electrons. The Labute approximate surface area is 104 Å². The van der Waals surface area contributed by atoms with Crippen LogP contribution in [0.4, 0.5) is 0 Å². The van der Waals surface area contributed by atoms with Crippen molar-refractivity contribution >= 4 is 10.0 Å². The van der Waals surface area contributed by atoms with Crippen molar-refractivity contribution in [1.29, 1.82) is 0 Å². The number of hydrogen-bond donors (Lipinski definition) is 1. The van der Waals surface area contributed by atoms with Crippen molar-refractivity contribution in [2.75, 3.05) is 26.3 Å². The van der Waals surface area contributed by atoms with Crippen molar-refractivity contribution in [3.8, 4) is 0 Å². The molecule has 3 unspecified atom stereocenters. The van der Waals surface area contributed by atoms with Crippen LogP contribution >= 0.6 is 0 Å². The molecule has 0 amide bonds. The Bertz CT molecular complexity index is 352. The predicted molar refractivity (Wildman–Crippen MR) is 66.4 cm³/mol. The smallest absolute Gasteiger partial charge is 0.219 e. The lowest BCUT2D eigenvalue weighted by Crippen LogP contribution is -2.58. The SMILES string of the molecule is CC1CN(S(=O)(=O)C2CCCOC2)C(C)CN1. The zero-order valence-corrected chi connectivity index (χ0v) is 11.4. The summed E-state index contributed by atoms with van der Waals surface area (Å²) >= 11 is 0. The molecule has 3 atom stereocenters. The van der Waals surface area contributed by atoms with Crippen molar-refractivity contribution in [3.63, 3.8) is 0 Å². The van der Waals surface area contributed by atoms with E-state index in [0.717, 1.165) is 19.4 Å². The molecule has 2 heterocycles. The Hall–Kier alpha value is -0.170. The molecule has 2 aliphatic rings. The minimum Gasteiger partial charge on any atom is -0.380 e.